The Labute approximate surface area is 158 Å². The lowest BCUT2D eigenvalue weighted by molar-refractivity contribution is 0.101. The minimum Gasteiger partial charge on any atom is -0.322 e. The summed E-state index contributed by atoms with van der Waals surface area (Å²) in [4.78, 5) is 25.1. The van der Waals surface area contributed by atoms with E-state index in [4.69, 9.17) is 23.2 Å². The third-order valence-corrected chi connectivity index (χ3v) is 4.77. The molecular weight excluding hydrogens is 379 g/mol. The second-order valence-electron chi connectivity index (χ2n) is 5.09. The minimum atomic E-state index is -0.314. The zero-order valence-corrected chi connectivity index (χ0v) is 15.1. The van der Waals surface area contributed by atoms with Crippen molar-refractivity contribution in [2.75, 3.05) is 10.6 Å². The zero-order chi connectivity index (χ0) is 17.8. The highest BCUT2D eigenvalue weighted by atomic mass is 35.5. The molecule has 3 aromatic rings. The summed E-state index contributed by atoms with van der Waals surface area (Å²) in [6.45, 7) is 0. The molecule has 0 unspecified atom stereocenters. The first kappa shape index (κ1) is 17.5. The molecule has 0 aliphatic carbocycles. The Morgan fingerprint density at radius 3 is 2.32 bits per heavy atom. The lowest BCUT2D eigenvalue weighted by Crippen LogP contribution is -2.14. The Kier molecular flexibility index (Phi) is 5.38. The van der Waals surface area contributed by atoms with Crippen molar-refractivity contribution in [2.24, 2.45) is 0 Å². The summed E-state index contributed by atoms with van der Waals surface area (Å²) in [6, 6.07) is 15.0. The number of carbonyl (C=O) groups is 2. The van der Waals surface area contributed by atoms with Gasteiger partial charge in [0.25, 0.3) is 11.8 Å². The van der Waals surface area contributed by atoms with Crippen LogP contribution in [0.2, 0.25) is 10.0 Å². The van der Waals surface area contributed by atoms with Crippen molar-refractivity contribution >= 4 is 57.7 Å². The van der Waals surface area contributed by atoms with Crippen LogP contribution in [0, 0.1) is 0 Å². The number of anilines is 2. The van der Waals surface area contributed by atoms with E-state index in [0.717, 1.165) is 0 Å². The maximum absolute atomic E-state index is 12.4. The Morgan fingerprint density at radius 2 is 1.64 bits per heavy atom. The fraction of sp³-hybridized carbons (Fsp3) is 0. The summed E-state index contributed by atoms with van der Waals surface area (Å²) < 4.78 is 0. The van der Waals surface area contributed by atoms with Crippen molar-refractivity contribution < 1.29 is 9.59 Å². The van der Waals surface area contributed by atoms with E-state index in [1.54, 1.807) is 54.6 Å². The van der Waals surface area contributed by atoms with Crippen molar-refractivity contribution in [3.8, 4) is 0 Å². The largest absolute Gasteiger partial charge is 0.322 e. The summed E-state index contributed by atoms with van der Waals surface area (Å²) in [6.07, 6.45) is 0. The van der Waals surface area contributed by atoms with Gasteiger partial charge in [0.05, 0.1) is 15.6 Å². The van der Waals surface area contributed by atoms with Gasteiger partial charge in [0.2, 0.25) is 0 Å². The lowest BCUT2D eigenvalue weighted by Gasteiger charge is -2.10. The number of thiophene rings is 1. The van der Waals surface area contributed by atoms with Gasteiger partial charge in [0.15, 0.2) is 0 Å². The van der Waals surface area contributed by atoms with Gasteiger partial charge in [-0.1, -0.05) is 29.3 Å². The Hall–Kier alpha value is -2.34. The molecule has 2 amide bonds. The van der Waals surface area contributed by atoms with Crippen LogP contribution in [0.1, 0.15) is 20.0 Å². The van der Waals surface area contributed by atoms with E-state index in [9.17, 15) is 9.59 Å². The standard InChI is InChI=1S/C18H12Cl2N2O2S/c19-12-4-6-13(7-5-12)21-17(23)11-3-8-14(20)15(10-11)22-18(24)16-2-1-9-25-16/h1-10H,(H,21,23)(H,22,24). The van der Waals surface area contributed by atoms with E-state index < -0.39 is 0 Å². The van der Waals surface area contributed by atoms with Gasteiger partial charge in [-0.2, -0.15) is 0 Å². The first-order valence-electron chi connectivity index (χ1n) is 7.24. The van der Waals surface area contributed by atoms with Crippen LogP contribution >= 0.6 is 34.5 Å². The van der Waals surface area contributed by atoms with Crippen molar-refractivity contribution in [3.63, 3.8) is 0 Å². The number of halogens is 2. The monoisotopic (exact) mass is 390 g/mol. The van der Waals surface area contributed by atoms with E-state index in [2.05, 4.69) is 10.6 Å². The second-order valence-corrected chi connectivity index (χ2v) is 6.88. The molecule has 0 fully saturated rings. The summed E-state index contributed by atoms with van der Waals surface area (Å²) >= 11 is 13.3. The van der Waals surface area contributed by atoms with Crippen LogP contribution < -0.4 is 10.6 Å². The van der Waals surface area contributed by atoms with E-state index in [-0.39, 0.29) is 11.8 Å². The molecule has 0 saturated carbocycles. The summed E-state index contributed by atoms with van der Waals surface area (Å²) in [5, 5.41) is 8.24. The number of hydrogen-bond acceptors (Lipinski definition) is 3. The third-order valence-electron chi connectivity index (χ3n) is 3.32. The molecule has 1 heterocycles. The van der Waals surface area contributed by atoms with Crippen molar-refractivity contribution in [1.82, 2.24) is 0 Å². The number of rotatable bonds is 4. The van der Waals surface area contributed by atoms with E-state index in [0.29, 0.717) is 31.9 Å². The fourth-order valence-corrected chi connectivity index (χ4v) is 3.00. The van der Waals surface area contributed by atoms with Crippen LogP contribution in [0.4, 0.5) is 11.4 Å². The van der Waals surface area contributed by atoms with Gasteiger partial charge in [-0.05, 0) is 53.9 Å². The average Bonchev–Trinajstić information content (AvgIpc) is 3.13. The second kappa shape index (κ2) is 7.70. The van der Waals surface area contributed by atoms with Crippen molar-refractivity contribution in [2.45, 2.75) is 0 Å². The molecular formula is C18H12Cl2N2O2S. The molecule has 0 atom stereocenters. The Morgan fingerprint density at radius 1 is 0.880 bits per heavy atom. The van der Waals surface area contributed by atoms with Crippen LogP contribution in [-0.4, -0.2) is 11.8 Å². The molecule has 0 radical (unpaired) electrons. The Bertz CT molecular complexity index is 909. The molecule has 0 bridgehead atoms. The molecule has 0 aliphatic rings. The maximum atomic E-state index is 12.4. The molecule has 1 aromatic heterocycles. The number of amides is 2. The summed E-state index contributed by atoms with van der Waals surface area (Å²) in [5.41, 5.74) is 1.37. The van der Waals surface area contributed by atoms with Gasteiger partial charge in [-0.15, -0.1) is 11.3 Å². The first-order chi connectivity index (χ1) is 12.0. The first-order valence-corrected chi connectivity index (χ1v) is 8.88. The molecule has 0 saturated heterocycles. The molecule has 0 aliphatic heterocycles. The normalized spacial score (nSPS) is 10.3. The van der Waals surface area contributed by atoms with Crippen molar-refractivity contribution in [3.05, 3.63) is 80.5 Å². The van der Waals surface area contributed by atoms with Gasteiger partial charge in [0.1, 0.15) is 0 Å². The molecule has 25 heavy (non-hydrogen) atoms. The topological polar surface area (TPSA) is 58.2 Å². The zero-order valence-electron chi connectivity index (χ0n) is 12.8. The molecule has 3 rings (SSSR count). The highest BCUT2D eigenvalue weighted by Gasteiger charge is 2.13. The number of benzene rings is 2. The SMILES string of the molecule is O=C(Nc1ccc(Cl)cc1)c1ccc(Cl)c(NC(=O)c2cccs2)c1. The summed E-state index contributed by atoms with van der Waals surface area (Å²) in [5.74, 6) is -0.585. The van der Waals surface area contributed by atoms with Gasteiger partial charge in [0, 0.05) is 16.3 Å². The molecule has 126 valence electrons. The molecule has 2 N–H and O–H groups in total. The highest BCUT2D eigenvalue weighted by Crippen LogP contribution is 2.25. The predicted octanol–water partition coefficient (Wildman–Crippen LogP) is 5.56. The van der Waals surface area contributed by atoms with Crippen LogP contribution in [0.15, 0.2) is 60.0 Å². The van der Waals surface area contributed by atoms with Gasteiger partial charge in [-0.25, -0.2) is 0 Å². The van der Waals surface area contributed by atoms with E-state index in [1.807, 2.05) is 5.38 Å². The smallest absolute Gasteiger partial charge is 0.265 e. The molecule has 4 nitrogen and oxygen atoms in total. The van der Waals surface area contributed by atoms with Gasteiger partial charge < -0.3 is 10.6 Å². The third kappa shape index (κ3) is 4.39. The van der Waals surface area contributed by atoms with Crippen LogP contribution in [-0.2, 0) is 0 Å². The summed E-state index contributed by atoms with van der Waals surface area (Å²) in [7, 11) is 0. The molecule has 2 aromatic carbocycles. The van der Waals surface area contributed by atoms with Gasteiger partial charge >= 0.3 is 0 Å². The quantitative estimate of drug-likeness (QED) is 0.612. The van der Waals surface area contributed by atoms with Crippen molar-refractivity contribution in [1.29, 1.82) is 0 Å². The maximum Gasteiger partial charge on any atom is 0.265 e. The lowest BCUT2D eigenvalue weighted by atomic mass is 10.1. The van der Waals surface area contributed by atoms with E-state index in [1.165, 1.54) is 11.3 Å². The number of hydrogen-bond donors (Lipinski definition) is 2. The van der Waals surface area contributed by atoms with Gasteiger partial charge in [-0.3, -0.25) is 9.59 Å². The minimum absolute atomic E-state index is 0.271. The van der Waals surface area contributed by atoms with Crippen LogP contribution in [0.3, 0.4) is 0 Å². The molecule has 7 heteroatoms. The number of carbonyl (C=O) groups excluding carboxylic acids is 2. The Balaban J connectivity index is 1.77. The van der Waals surface area contributed by atoms with Crippen LogP contribution in [0.25, 0.3) is 0 Å². The average molecular weight is 391 g/mol. The van der Waals surface area contributed by atoms with E-state index >= 15 is 0 Å². The fourth-order valence-electron chi connectivity index (χ4n) is 2.09. The molecule has 0 spiro atoms. The predicted molar refractivity (Wildman–Crippen MR) is 103 cm³/mol. The van der Waals surface area contributed by atoms with Crippen LogP contribution in [0.5, 0.6) is 0 Å². The number of nitrogens with one attached hydrogen (secondary N) is 2. The highest BCUT2D eigenvalue weighted by molar-refractivity contribution is 7.12.